The third-order valence-electron chi connectivity index (χ3n) is 4.44. The van der Waals surface area contributed by atoms with E-state index in [9.17, 15) is 4.79 Å². The summed E-state index contributed by atoms with van der Waals surface area (Å²) in [4.78, 5) is 17.1. The van der Waals surface area contributed by atoms with Crippen molar-refractivity contribution in [2.24, 2.45) is 0 Å². The molecule has 0 bridgehead atoms. The molecule has 2 aromatic heterocycles. The van der Waals surface area contributed by atoms with Crippen LogP contribution in [0.3, 0.4) is 0 Å². The van der Waals surface area contributed by atoms with Crippen LogP contribution in [0, 0.1) is 0 Å². The smallest absolute Gasteiger partial charge is 0.171 e. The van der Waals surface area contributed by atoms with Crippen LogP contribution in [-0.4, -0.2) is 21.0 Å². The van der Waals surface area contributed by atoms with E-state index < -0.39 is 0 Å². The van der Waals surface area contributed by atoms with Crippen molar-refractivity contribution < 1.29 is 9.53 Å². The summed E-state index contributed by atoms with van der Waals surface area (Å²) in [6, 6.07) is 19.3. The molecule has 28 heavy (non-hydrogen) atoms. The molecule has 0 atom stereocenters. The third-order valence-corrected chi connectivity index (χ3v) is 4.44. The number of nitrogens with one attached hydrogen (secondary N) is 1. The molecule has 138 valence electrons. The number of ether oxygens (including phenoxy) is 1. The molecule has 0 fully saturated rings. The molecule has 0 saturated carbocycles. The van der Waals surface area contributed by atoms with Crippen LogP contribution in [0.25, 0.3) is 11.1 Å². The number of aromatic amines is 1. The fourth-order valence-electron chi connectivity index (χ4n) is 2.98. The number of ketones is 1. The fourth-order valence-corrected chi connectivity index (χ4v) is 2.98. The Labute approximate surface area is 163 Å². The van der Waals surface area contributed by atoms with E-state index in [-0.39, 0.29) is 12.2 Å². The Bertz CT molecular complexity index is 1050. The number of benzene rings is 2. The molecule has 0 spiro atoms. The van der Waals surface area contributed by atoms with Crippen molar-refractivity contribution in [3.05, 3.63) is 102 Å². The van der Waals surface area contributed by atoms with E-state index in [1.165, 1.54) is 0 Å². The van der Waals surface area contributed by atoms with Crippen molar-refractivity contribution in [3.63, 3.8) is 0 Å². The van der Waals surface area contributed by atoms with Crippen LogP contribution in [0.1, 0.15) is 21.5 Å². The highest BCUT2D eigenvalue weighted by atomic mass is 16.5. The Hall–Kier alpha value is -3.73. The van der Waals surface area contributed by atoms with Gasteiger partial charge in [0.15, 0.2) is 5.78 Å². The molecule has 4 rings (SSSR count). The van der Waals surface area contributed by atoms with Crippen LogP contribution >= 0.6 is 0 Å². The average Bonchev–Trinajstić information content (AvgIpc) is 3.28. The largest absolute Gasteiger partial charge is 0.488 e. The predicted octanol–water partition coefficient (Wildman–Crippen LogP) is 4.48. The van der Waals surface area contributed by atoms with Crippen molar-refractivity contribution in [1.29, 1.82) is 0 Å². The summed E-state index contributed by atoms with van der Waals surface area (Å²) in [5.74, 6) is 0.561. The molecular formula is C23H19N3O2. The SMILES string of the molecule is O=C(Cc1cccnc1)c1cc(-c2cn[nH]c2)ccc1OCc1ccccc1. The summed E-state index contributed by atoms with van der Waals surface area (Å²) in [7, 11) is 0. The number of H-pyrrole nitrogens is 1. The van der Waals surface area contributed by atoms with Gasteiger partial charge < -0.3 is 4.74 Å². The van der Waals surface area contributed by atoms with Crippen molar-refractivity contribution in [2.45, 2.75) is 13.0 Å². The molecule has 0 aliphatic heterocycles. The summed E-state index contributed by atoms with van der Waals surface area (Å²) in [5.41, 5.74) is 4.31. The minimum Gasteiger partial charge on any atom is -0.488 e. The molecule has 2 aromatic carbocycles. The number of aromatic nitrogens is 3. The number of Topliss-reactive ketones (excluding diaryl/α,β-unsaturated/α-hetero) is 1. The molecule has 0 saturated heterocycles. The quantitative estimate of drug-likeness (QED) is 0.488. The van der Waals surface area contributed by atoms with Gasteiger partial charge >= 0.3 is 0 Å². The number of rotatable bonds is 7. The highest BCUT2D eigenvalue weighted by Crippen LogP contribution is 2.28. The fraction of sp³-hybridized carbons (Fsp3) is 0.0870. The molecule has 5 nitrogen and oxygen atoms in total. The van der Waals surface area contributed by atoms with E-state index in [1.54, 1.807) is 24.8 Å². The van der Waals surface area contributed by atoms with Crippen LogP contribution in [-0.2, 0) is 13.0 Å². The predicted molar refractivity (Wildman–Crippen MR) is 107 cm³/mol. The maximum atomic E-state index is 13.0. The van der Waals surface area contributed by atoms with Crippen LogP contribution in [0.15, 0.2) is 85.5 Å². The van der Waals surface area contributed by atoms with Crippen LogP contribution in [0.4, 0.5) is 0 Å². The molecule has 1 N–H and O–H groups in total. The lowest BCUT2D eigenvalue weighted by Crippen LogP contribution is -2.08. The normalized spacial score (nSPS) is 10.6. The highest BCUT2D eigenvalue weighted by molar-refractivity contribution is 6.01. The Kier molecular flexibility index (Phi) is 5.24. The minimum absolute atomic E-state index is 0.0126. The minimum atomic E-state index is -0.0126. The van der Waals surface area contributed by atoms with Gasteiger partial charge in [-0.2, -0.15) is 5.10 Å². The molecule has 5 heteroatoms. The average molecular weight is 369 g/mol. The topological polar surface area (TPSA) is 67.9 Å². The second-order valence-electron chi connectivity index (χ2n) is 6.43. The van der Waals surface area contributed by atoms with E-state index in [2.05, 4.69) is 15.2 Å². The first-order valence-electron chi connectivity index (χ1n) is 9.01. The standard InChI is InChI=1S/C23H19N3O2/c27-22(11-18-7-4-10-24-13-18)21-12-19(20-14-25-26-15-20)8-9-23(21)28-16-17-5-2-1-3-6-17/h1-10,12-15H,11,16H2,(H,25,26). The van der Waals surface area contributed by atoms with E-state index in [4.69, 9.17) is 4.74 Å². The second-order valence-corrected chi connectivity index (χ2v) is 6.43. The first-order chi connectivity index (χ1) is 13.8. The zero-order valence-corrected chi connectivity index (χ0v) is 15.2. The summed E-state index contributed by atoms with van der Waals surface area (Å²) in [6.45, 7) is 0.402. The first kappa shape index (κ1) is 17.7. The second kappa shape index (κ2) is 8.31. The van der Waals surface area contributed by atoms with E-state index >= 15 is 0 Å². The van der Waals surface area contributed by atoms with Crippen LogP contribution in [0.5, 0.6) is 5.75 Å². The van der Waals surface area contributed by atoms with Gasteiger partial charge in [0.05, 0.1) is 11.8 Å². The Morgan fingerprint density at radius 2 is 1.79 bits per heavy atom. The zero-order chi connectivity index (χ0) is 19.2. The first-order valence-corrected chi connectivity index (χ1v) is 9.01. The summed E-state index contributed by atoms with van der Waals surface area (Å²) in [6.07, 6.45) is 7.21. The van der Waals surface area contributed by atoms with Crippen LogP contribution in [0.2, 0.25) is 0 Å². The van der Waals surface area contributed by atoms with Gasteiger partial charge in [-0.25, -0.2) is 0 Å². The molecule has 0 aliphatic carbocycles. The Balaban J connectivity index is 1.63. The summed E-state index contributed by atoms with van der Waals surface area (Å²) >= 11 is 0. The van der Waals surface area contributed by atoms with E-state index in [1.807, 2.05) is 60.7 Å². The van der Waals surface area contributed by atoms with Crippen molar-refractivity contribution in [1.82, 2.24) is 15.2 Å². The van der Waals surface area contributed by atoms with E-state index in [0.717, 1.165) is 22.3 Å². The van der Waals surface area contributed by atoms with Crippen molar-refractivity contribution in [3.8, 4) is 16.9 Å². The molecule has 0 unspecified atom stereocenters. The lowest BCUT2D eigenvalue weighted by molar-refractivity contribution is 0.0988. The number of nitrogens with zero attached hydrogens (tertiary/aromatic N) is 2. The maximum absolute atomic E-state index is 13.0. The molecular weight excluding hydrogens is 350 g/mol. The number of carbonyl (C=O) groups excluding carboxylic acids is 1. The molecule has 2 heterocycles. The highest BCUT2D eigenvalue weighted by Gasteiger charge is 2.16. The number of hydrogen-bond acceptors (Lipinski definition) is 4. The summed E-state index contributed by atoms with van der Waals surface area (Å²) < 4.78 is 5.99. The lowest BCUT2D eigenvalue weighted by atomic mass is 9.99. The monoisotopic (exact) mass is 369 g/mol. The van der Waals surface area contributed by atoms with Crippen molar-refractivity contribution >= 4 is 5.78 Å². The summed E-state index contributed by atoms with van der Waals surface area (Å²) in [5, 5.41) is 6.79. The molecule has 4 aromatic rings. The van der Waals surface area contributed by atoms with Gasteiger partial charge in [0, 0.05) is 30.6 Å². The van der Waals surface area contributed by atoms with Crippen LogP contribution < -0.4 is 4.74 Å². The zero-order valence-electron chi connectivity index (χ0n) is 15.2. The molecule has 0 amide bonds. The Morgan fingerprint density at radius 1 is 0.929 bits per heavy atom. The van der Waals surface area contributed by atoms with Gasteiger partial charge in [0.1, 0.15) is 12.4 Å². The maximum Gasteiger partial charge on any atom is 0.171 e. The van der Waals surface area contributed by atoms with Gasteiger partial charge in [-0.15, -0.1) is 0 Å². The van der Waals surface area contributed by atoms with E-state index in [0.29, 0.717) is 17.9 Å². The van der Waals surface area contributed by atoms with Gasteiger partial charge in [-0.05, 0) is 34.9 Å². The number of carbonyl (C=O) groups is 1. The Morgan fingerprint density at radius 3 is 2.54 bits per heavy atom. The number of pyridine rings is 1. The van der Waals surface area contributed by atoms with Crippen molar-refractivity contribution in [2.75, 3.05) is 0 Å². The number of hydrogen-bond donors (Lipinski definition) is 1. The lowest BCUT2D eigenvalue weighted by Gasteiger charge is -2.13. The third kappa shape index (κ3) is 4.15. The molecule has 0 aliphatic rings. The van der Waals surface area contributed by atoms with Gasteiger partial charge in [-0.3, -0.25) is 14.9 Å². The van der Waals surface area contributed by atoms with Gasteiger partial charge in [-0.1, -0.05) is 42.5 Å². The molecule has 0 radical (unpaired) electrons. The van der Waals surface area contributed by atoms with Gasteiger partial charge in [0.2, 0.25) is 0 Å². The van der Waals surface area contributed by atoms with Gasteiger partial charge in [0.25, 0.3) is 0 Å².